The number of halogens is 2. The molecular formula is C11H11Cl2NO3S. The molecule has 1 fully saturated rings. The van der Waals surface area contributed by atoms with E-state index in [4.69, 9.17) is 22.3 Å². The summed E-state index contributed by atoms with van der Waals surface area (Å²) < 4.78 is 22.5. The van der Waals surface area contributed by atoms with E-state index in [0.29, 0.717) is 10.7 Å². The fourth-order valence-corrected chi connectivity index (χ4v) is 3.17. The molecule has 1 amide bonds. The molecule has 0 aliphatic carbocycles. The largest absolute Gasteiger partial charge is 0.310 e. The summed E-state index contributed by atoms with van der Waals surface area (Å²) in [7, 11) is 1.56. The van der Waals surface area contributed by atoms with Crippen LogP contribution in [-0.2, 0) is 13.8 Å². The van der Waals surface area contributed by atoms with E-state index >= 15 is 0 Å². The first-order chi connectivity index (χ1) is 8.29. The van der Waals surface area contributed by atoms with Crippen LogP contribution in [0.15, 0.2) is 18.2 Å². The summed E-state index contributed by atoms with van der Waals surface area (Å²) in [5.74, 6) is -0.281. The lowest BCUT2D eigenvalue weighted by molar-refractivity contribution is -0.117. The zero-order valence-electron chi connectivity index (χ0n) is 9.56. The molecule has 98 valence electrons. The Morgan fingerprint density at radius 2 is 2.06 bits per heavy atom. The molecule has 0 spiro atoms. The van der Waals surface area contributed by atoms with Gasteiger partial charge in [-0.05, 0) is 24.6 Å². The fraction of sp³-hybridized carbons (Fsp3) is 0.364. The second-order valence-corrected chi connectivity index (χ2v) is 7.58. The molecule has 1 heterocycles. The molecule has 1 saturated heterocycles. The lowest BCUT2D eigenvalue weighted by atomic mass is 10.2. The van der Waals surface area contributed by atoms with Crippen molar-refractivity contribution in [3.63, 3.8) is 0 Å². The van der Waals surface area contributed by atoms with Gasteiger partial charge in [-0.2, -0.15) is 0 Å². The van der Waals surface area contributed by atoms with Crippen molar-refractivity contribution in [2.24, 2.45) is 0 Å². The summed E-state index contributed by atoms with van der Waals surface area (Å²) in [5, 5.41) is -0.454. The second-order valence-electron chi connectivity index (χ2n) is 4.26. The summed E-state index contributed by atoms with van der Waals surface area (Å²) in [6.07, 6.45) is -0.101. The average molecular weight is 308 g/mol. The van der Waals surface area contributed by atoms with Gasteiger partial charge in [0.05, 0.1) is 10.7 Å². The Balaban J connectivity index is 2.35. The highest BCUT2D eigenvalue weighted by Gasteiger charge is 2.38. The van der Waals surface area contributed by atoms with Crippen LogP contribution in [0.3, 0.4) is 0 Å². The van der Waals surface area contributed by atoms with Crippen molar-refractivity contribution in [3.05, 3.63) is 28.8 Å². The minimum atomic E-state index is -3.73. The fourth-order valence-electron chi connectivity index (χ4n) is 1.93. The Kier molecular flexibility index (Phi) is 3.58. The number of rotatable bonds is 2. The number of carbonyl (C=O) groups is 1. The Morgan fingerprint density at radius 3 is 2.61 bits per heavy atom. The topological polar surface area (TPSA) is 54.5 Å². The van der Waals surface area contributed by atoms with Crippen LogP contribution in [0.1, 0.15) is 12.0 Å². The lowest BCUT2D eigenvalue weighted by Gasteiger charge is -2.18. The molecule has 0 bridgehead atoms. The number of anilines is 1. The van der Waals surface area contributed by atoms with Crippen LogP contribution in [0.25, 0.3) is 0 Å². The normalized spacial score (nSPS) is 20.5. The maximum atomic E-state index is 11.8. The molecular weight excluding hydrogens is 297 g/mol. The van der Waals surface area contributed by atoms with Gasteiger partial charge in [0.2, 0.25) is 15.0 Å². The van der Waals surface area contributed by atoms with Gasteiger partial charge in [0.1, 0.15) is 5.25 Å². The van der Waals surface area contributed by atoms with Gasteiger partial charge in [0, 0.05) is 23.6 Å². The quantitative estimate of drug-likeness (QED) is 0.788. The van der Waals surface area contributed by atoms with Crippen molar-refractivity contribution in [3.8, 4) is 0 Å². The predicted molar refractivity (Wildman–Crippen MR) is 71.7 cm³/mol. The molecule has 0 N–H and O–H groups in total. The number of amides is 1. The lowest BCUT2D eigenvalue weighted by Crippen LogP contribution is -2.27. The maximum absolute atomic E-state index is 11.8. The monoisotopic (exact) mass is 307 g/mol. The Bertz CT molecular complexity index is 600. The molecule has 1 aromatic carbocycles. The Hall–Kier alpha value is -0.780. The van der Waals surface area contributed by atoms with Crippen LogP contribution in [0.5, 0.6) is 0 Å². The van der Waals surface area contributed by atoms with Crippen molar-refractivity contribution in [1.82, 2.24) is 0 Å². The zero-order valence-corrected chi connectivity index (χ0v) is 11.9. The third-order valence-electron chi connectivity index (χ3n) is 2.88. The molecule has 4 nitrogen and oxygen atoms in total. The van der Waals surface area contributed by atoms with E-state index in [1.807, 2.05) is 13.0 Å². The third-order valence-corrected chi connectivity index (χ3v) is 5.07. The van der Waals surface area contributed by atoms with E-state index in [-0.39, 0.29) is 18.9 Å². The van der Waals surface area contributed by atoms with E-state index in [2.05, 4.69) is 0 Å². The van der Waals surface area contributed by atoms with Gasteiger partial charge in [-0.15, -0.1) is 0 Å². The number of nitrogens with zero attached hydrogens (tertiary/aromatic N) is 1. The summed E-state index contributed by atoms with van der Waals surface area (Å²) in [5.41, 5.74) is 1.48. The molecule has 0 aromatic heterocycles. The van der Waals surface area contributed by atoms with Crippen LogP contribution >= 0.6 is 22.3 Å². The Labute approximate surface area is 115 Å². The van der Waals surface area contributed by atoms with E-state index in [9.17, 15) is 13.2 Å². The minimum absolute atomic E-state index is 0.0494. The van der Waals surface area contributed by atoms with Crippen molar-refractivity contribution >= 4 is 42.9 Å². The molecule has 1 atom stereocenters. The van der Waals surface area contributed by atoms with Gasteiger partial charge in [0.15, 0.2) is 0 Å². The minimum Gasteiger partial charge on any atom is -0.310 e. The predicted octanol–water partition coefficient (Wildman–Crippen LogP) is 2.32. The molecule has 1 aliphatic rings. The molecule has 0 radical (unpaired) electrons. The zero-order chi connectivity index (χ0) is 13.5. The molecule has 1 aliphatic heterocycles. The molecule has 1 aromatic rings. The molecule has 18 heavy (non-hydrogen) atoms. The SMILES string of the molecule is Cc1ccc(Cl)c(N2CC(S(=O)(=O)Cl)CC2=O)c1. The number of hydrogen-bond acceptors (Lipinski definition) is 3. The standard InChI is InChI=1S/C11H11Cl2NO3S/c1-7-2-3-9(12)10(4-7)14-6-8(5-11(14)15)18(13,16)17/h2-4,8H,5-6H2,1H3. The third kappa shape index (κ3) is 2.63. The van der Waals surface area contributed by atoms with Crippen LogP contribution in [-0.4, -0.2) is 26.1 Å². The van der Waals surface area contributed by atoms with Gasteiger partial charge >= 0.3 is 0 Å². The summed E-state index contributed by atoms with van der Waals surface area (Å²) in [4.78, 5) is 13.2. The number of benzene rings is 1. The van der Waals surface area contributed by atoms with E-state index in [1.165, 1.54) is 4.90 Å². The first-order valence-corrected chi connectivity index (χ1v) is 8.04. The summed E-state index contributed by atoms with van der Waals surface area (Å²) >= 11 is 6.03. The molecule has 0 saturated carbocycles. The van der Waals surface area contributed by atoms with Gasteiger partial charge < -0.3 is 4.90 Å². The second kappa shape index (κ2) is 4.72. The van der Waals surface area contributed by atoms with Crippen molar-refractivity contribution in [1.29, 1.82) is 0 Å². The van der Waals surface area contributed by atoms with Gasteiger partial charge in [-0.25, -0.2) is 8.42 Å². The van der Waals surface area contributed by atoms with Crippen LogP contribution in [0.4, 0.5) is 5.69 Å². The van der Waals surface area contributed by atoms with Crippen LogP contribution < -0.4 is 4.90 Å². The number of hydrogen-bond donors (Lipinski definition) is 0. The van der Waals surface area contributed by atoms with E-state index in [0.717, 1.165) is 5.56 Å². The maximum Gasteiger partial charge on any atom is 0.237 e. The van der Waals surface area contributed by atoms with Gasteiger partial charge in [0.25, 0.3) is 0 Å². The van der Waals surface area contributed by atoms with Crippen molar-refractivity contribution in [2.45, 2.75) is 18.6 Å². The Morgan fingerprint density at radius 1 is 1.39 bits per heavy atom. The van der Waals surface area contributed by atoms with Crippen LogP contribution in [0.2, 0.25) is 5.02 Å². The first kappa shape index (κ1) is 13.6. The highest BCUT2D eigenvalue weighted by atomic mass is 35.7. The van der Waals surface area contributed by atoms with Gasteiger partial charge in [-0.3, -0.25) is 4.79 Å². The summed E-state index contributed by atoms with van der Waals surface area (Å²) in [6, 6.07) is 5.26. The van der Waals surface area contributed by atoms with Crippen molar-refractivity contribution in [2.75, 3.05) is 11.4 Å². The van der Waals surface area contributed by atoms with Crippen molar-refractivity contribution < 1.29 is 13.2 Å². The van der Waals surface area contributed by atoms with E-state index < -0.39 is 14.3 Å². The van der Waals surface area contributed by atoms with Crippen LogP contribution in [0, 0.1) is 6.92 Å². The smallest absolute Gasteiger partial charge is 0.237 e. The molecule has 1 unspecified atom stereocenters. The average Bonchev–Trinajstić information content (AvgIpc) is 2.64. The highest BCUT2D eigenvalue weighted by molar-refractivity contribution is 8.14. The highest BCUT2D eigenvalue weighted by Crippen LogP contribution is 2.32. The first-order valence-electron chi connectivity index (χ1n) is 5.29. The molecule has 2 rings (SSSR count). The molecule has 7 heteroatoms. The number of aryl methyl sites for hydroxylation is 1. The number of carbonyl (C=O) groups excluding carboxylic acids is 1. The van der Waals surface area contributed by atoms with Gasteiger partial charge in [-0.1, -0.05) is 17.7 Å². The van der Waals surface area contributed by atoms with E-state index in [1.54, 1.807) is 12.1 Å². The summed E-state index contributed by atoms with van der Waals surface area (Å²) in [6.45, 7) is 1.92.